The quantitative estimate of drug-likeness (QED) is 0.859. The Balaban J connectivity index is 1.96. The Morgan fingerprint density at radius 3 is 2.89 bits per heavy atom. The fourth-order valence-electron chi connectivity index (χ4n) is 1.56. The van der Waals surface area contributed by atoms with E-state index in [1.165, 1.54) is 6.07 Å². The topological polar surface area (TPSA) is 42.6 Å². The lowest BCUT2D eigenvalue weighted by Crippen LogP contribution is -1.95. The molecular weight excluding hydrogens is 247 g/mol. The van der Waals surface area contributed by atoms with E-state index in [0.717, 1.165) is 11.3 Å². The highest BCUT2D eigenvalue weighted by Crippen LogP contribution is 2.12. The zero-order valence-electron chi connectivity index (χ0n) is 10.2. The predicted molar refractivity (Wildman–Crippen MR) is 67.6 cm³/mol. The molecule has 0 fully saturated rings. The average Bonchev–Trinajstić information content (AvgIpc) is 2.92. The third-order valence-corrected chi connectivity index (χ3v) is 2.43. The van der Waals surface area contributed by atoms with E-state index in [-0.39, 0.29) is 12.2 Å². The summed E-state index contributed by atoms with van der Waals surface area (Å²) in [5, 5.41) is 8.60. The normalized spacial score (nSPS) is 10.0. The molecule has 0 aliphatic carbocycles. The lowest BCUT2D eigenvalue weighted by atomic mass is 10.1. The van der Waals surface area contributed by atoms with Gasteiger partial charge in [0.1, 0.15) is 24.8 Å². The van der Waals surface area contributed by atoms with Gasteiger partial charge in [0.05, 0.1) is 18.4 Å². The van der Waals surface area contributed by atoms with Crippen molar-refractivity contribution in [2.45, 2.75) is 13.2 Å². The molecule has 0 atom stereocenters. The maximum atomic E-state index is 13.4. The molecule has 1 aromatic heterocycles. The van der Waals surface area contributed by atoms with Gasteiger partial charge in [-0.15, -0.1) is 0 Å². The zero-order valence-corrected chi connectivity index (χ0v) is 10.2. The molecule has 19 heavy (non-hydrogen) atoms. The first-order valence-electron chi connectivity index (χ1n) is 5.78. The maximum Gasteiger partial charge on any atom is 0.138 e. The molecule has 0 aliphatic rings. The van der Waals surface area contributed by atoms with Crippen LogP contribution in [0.4, 0.5) is 4.39 Å². The second-order valence-corrected chi connectivity index (χ2v) is 3.85. The highest BCUT2D eigenvalue weighted by atomic mass is 19.1. The summed E-state index contributed by atoms with van der Waals surface area (Å²) in [4.78, 5) is 0. The van der Waals surface area contributed by atoms with Crippen molar-refractivity contribution in [3.63, 3.8) is 0 Å². The van der Waals surface area contributed by atoms with E-state index in [1.54, 1.807) is 24.5 Å². The van der Waals surface area contributed by atoms with Gasteiger partial charge in [0.25, 0.3) is 0 Å². The third-order valence-electron chi connectivity index (χ3n) is 2.43. The first-order chi connectivity index (χ1) is 9.29. The minimum Gasteiger partial charge on any atom is -0.467 e. The van der Waals surface area contributed by atoms with Crippen LogP contribution in [0.25, 0.3) is 0 Å². The highest BCUT2D eigenvalue weighted by Gasteiger charge is 2.02. The highest BCUT2D eigenvalue weighted by molar-refractivity contribution is 5.38. The zero-order chi connectivity index (χ0) is 13.5. The SMILES string of the molecule is OCC#Cc1cc(COCc2ccco2)ccc1F. The number of halogens is 1. The summed E-state index contributed by atoms with van der Waals surface area (Å²) < 4.78 is 24.0. The second-order valence-electron chi connectivity index (χ2n) is 3.85. The van der Waals surface area contributed by atoms with Gasteiger partial charge >= 0.3 is 0 Å². The standard InChI is InChI=1S/C15H13FO3/c16-15-6-5-12(9-13(15)3-1-7-17)10-18-11-14-4-2-8-19-14/h2,4-6,8-9,17H,7,10-11H2. The molecule has 1 heterocycles. The minimum absolute atomic E-state index is 0.258. The first kappa shape index (κ1) is 13.3. The van der Waals surface area contributed by atoms with Gasteiger partial charge < -0.3 is 14.3 Å². The van der Waals surface area contributed by atoms with Crippen molar-refractivity contribution in [2.75, 3.05) is 6.61 Å². The Labute approximate surface area is 110 Å². The lowest BCUT2D eigenvalue weighted by Gasteiger charge is -2.04. The minimum atomic E-state index is -0.407. The maximum absolute atomic E-state index is 13.4. The number of hydrogen-bond donors (Lipinski definition) is 1. The van der Waals surface area contributed by atoms with E-state index in [9.17, 15) is 4.39 Å². The smallest absolute Gasteiger partial charge is 0.138 e. The molecule has 0 bridgehead atoms. The number of ether oxygens (including phenoxy) is 1. The van der Waals surface area contributed by atoms with Crippen molar-refractivity contribution < 1.29 is 18.7 Å². The van der Waals surface area contributed by atoms with Crippen molar-refractivity contribution in [3.8, 4) is 11.8 Å². The first-order valence-corrected chi connectivity index (χ1v) is 5.78. The van der Waals surface area contributed by atoms with Gasteiger partial charge in [-0.3, -0.25) is 0 Å². The summed E-state index contributed by atoms with van der Waals surface area (Å²) in [6, 6.07) is 8.21. The van der Waals surface area contributed by atoms with Gasteiger partial charge in [0, 0.05) is 0 Å². The Kier molecular flexibility index (Phi) is 4.73. The Morgan fingerprint density at radius 1 is 1.26 bits per heavy atom. The molecule has 0 saturated heterocycles. The molecule has 0 unspecified atom stereocenters. The molecule has 0 spiro atoms. The molecule has 98 valence electrons. The van der Waals surface area contributed by atoms with Gasteiger partial charge in [0.2, 0.25) is 0 Å². The summed E-state index contributed by atoms with van der Waals surface area (Å²) in [6.07, 6.45) is 1.58. The van der Waals surface area contributed by atoms with Gasteiger partial charge in [0.15, 0.2) is 0 Å². The lowest BCUT2D eigenvalue weighted by molar-refractivity contribution is 0.0929. The molecule has 1 N–H and O–H groups in total. The summed E-state index contributed by atoms with van der Waals surface area (Å²) in [6.45, 7) is 0.412. The van der Waals surface area contributed by atoms with Crippen molar-refractivity contribution >= 4 is 0 Å². The molecule has 2 aromatic rings. The van der Waals surface area contributed by atoms with Crippen molar-refractivity contribution in [1.82, 2.24) is 0 Å². The second kappa shape index (κ2) is 6.74. The van der Waals surface area contributed by atoms with Crippen LogP contribution in [0.1, 0.15) is 16.9 Å². The summed E-state index contributed by atoms with van der Waals surface area (Å²) in [5.74, 6) is 5.31. The van der Waals surface area contributed by atoms with E-state index in [4.69, 9.17) is 14.3 Å². The van der Waals surface area contributed by atoms with Gasteiger partial charge in [-0.05, 0) is 29.8 Å². The molecule has 4 heteroatoms. The van der Waals surface area contributed by atoms with Crippen LogP contribution in [0.3, 0.4) is 0 Å². The van der Waals surface area contributed by atoms with E-state index in [1.807, 2.05) is 6.07 Å². The molecule has 0 amide bonds. The van der Waals surface area contributed by atoms with E-state index < -0.39 is 5.82 Å². The average molecular weight is 260 g/mol. The largest absolute Gasteiger partial charge is 0.467 e. The van der Waals surface area contributed by atoms with Crippen molar-refractivity contribution in [1.29, 1.82) is 0 Å². The Hall–Kier alpha value is -2.09. The fraction of sp³-hybridized carbons (Fsp3) is 0.200. The molecule has 0 aliphatic heterocycles. The molecular formula is C15H13FO3. The molecule has 0 radical (unpaired) electrons. The van der Waals surface area contributed by atoms with E-state index in [0.29, 0.717) is 13.2 Å². The van der Waals surface area contributed by atoms with Crippen LogP contribution < -0.4 is 0 Å². The van der Waals surface area contributed by atoms with Gasteiger partial charge in [-0.1, -0.05) is 17.9 Å². The molecule has 1 aromatic carbocycles. The van der Waals surface area contributed by atoms with E-state index in [2.05, 4.69) is 11.8 Å². The summed E-state index contributed by atoms with van der Waals surface area (Å²) >= 11 is 0. The van der Waals surface area contributed by atoms with Crippen LogP contribution in [0.5, 0.6) is 0 Å². The number of aliphatic hydroxyl groups excluding tert-OH is 1. The number of aliphatic hydroxyl groups is 1. The van der Waals surface area contributed by atoms with Gasteiger partial charge in [-0.25, -0.2) is 4.39 Å². The van der Waals surface area contributed by atoms with Crippen LogP contribution in [-0.2, 0) is 18.0 Å². The third kappa shape index (κ3) is 3.95. The predicted octanol–water partition coefficient (Wildman–Crippen LogP) is 2.48. The number of hydrogen-bond acceptors (Lipinski definition) is 3. The van der Waals surface area contributed by atoms with Crippen LogP contribution in [0.2, 0.25) is 0 Å². The van der Waals surface area contributed by atoms with Crippen LogP contribution in [0.15, 0.2) is 41.0 Å². The van der Waals surface area contributed by atoms with Gasteiger partial charge in [-0.2, -0.15) is 0 Å². The van der Waals surface area contributed by atoms with Crippen LogP contribution in [0, 0.1) is 17.7 Å². The number of rotatable bonds is 4. The number of benzene rings is 1. The monoisotopic (exact) mass is 260 g/mol. The Morgan fingerprint density at radius 2 is 2.16 bits per heavy atom. The van der Waals surface area contributed by atoms with Crippen LogP contribution in [-0.4, -0.2) is 11.7 Å². The summed E-state index contributed by atoms with van der Waals surface area (Å²) in [7, 11) is 0. The van der Waals surface area contributed by atoms with Crippen molar-refractivity contribution in [2.24, 2.45) is 0 Å². The Bertz CT molecular complexity index is 579. The van der Waals surface area contributed by atoms with Crippen LogP contribution >= 0.6 is 0 Å². The summed E-state index contributed by atoms with van der Waals surface area (Å²) in [5.41, 5.74) is 1.07. The molecule has 2 rings (SSSR count). The van der Waals surface area contributed by atoms with E-state index >= 15 is 0 Å². The molecule has 3 nitrogen and oxygen atoms in total. The fourth-order valence-corrected chi connectivity index (χ4v) is 1.56. The molecule has 0 saturated carbocycles. The van der Waals surface area contributed by atoms with Crippen molar-refractivity contribution in [3.05, 3.63) is 59.3 Å². The number of furan rings is 1.